The van der Waals surface area contributed by atoms with Gasteiger partial charge in [-0.1, -0.05) is 11.6 Å². The van der Waals surface area contributed by atoms with Crippen molar-refractivity contribution in [2.24, 2.45) is 0 Å². The van der Waals surface area contributed by atoms with Crippen LogP contribution in [0.1, 0.15) is 6.92 Å². The van der Waals surface area contributed by atoms with Crippen LogP contribution in [-0.4, -0.2) is 40.6 Å². The summed E-state index contributed by atoms with van der Waals surface area (Å²) < 4.78 is 27.6. The van der Waals surface area contributed by atoms with Gasteiger partial charge in [0.25, 0.3) is 0 Å². The highest BCUT2D eigenvalue weighted by molar-refractivity contribution is 6.31. The molecule has 1 aliphatic rings. The molecule has 2 aromatic heterocycles. The summed E-state index contributed by atoms with van der Waals surface area (Å²) in [6.45, 7) is 3.79. The first-order chi connectivity index (χ1) is 13.9. The lowest BCUT2D eigenvalue weighted by molar-refractivity contribution is 0.528. The number of aromatic nitrogens is 3. The number of halogens is 4. The monoisotopic (exact) mass is 435 g/mol. The molecule has 0 amide bonds. The van der Waals surface area contributed by atoms with E-state index in [2.05, 4.69) is 19.9 Å². The van der Waals surface area contributed by atoms with Gasteiger partial charge < -0.3 is 9.80 Å². The zero-order valence-electron chi connectivity index (χ0n) is 15.5. The van der Waals surface area contributed by atoms with E-state index in [1.54, 1.807) is 24.4 Å². The van der Waals surface area contributed by atoms with Crippen molar-refractivity contribution in [2.75, 3.05) is 29.4 Å². The first-order valence-corrected chi connectivity index (χ1v) is 9.80. The smallest absolute Gasteiger partial charge is 0.224 e. The van der Waals surface area contributed by atoms with Crippen molar-refractivity contribution in [3.8, 4) is 11.3 Å². The van der Waals surface area contributed by atoms with Gasteiger partial charge in [0.2, 0.25) is 5.28 Å². The molecule has 0 N–H and O–H groups in total. The van der Waals surface area contributed by atoms with Gasteiger partial charge in [-0.3, -0.25) is 0 Å². The Morgan fingerprint density at radius 3 is 2.59 bits per heavy atom. The van der Waals surface area contributed by atoms with Crippen LogP contribution in [0.25, 0.3) is 11.3 Å². The fraction of sp³-hybridized carbons (Fsp3) is 0.250. The minimum absolute atomic E-state index is 0.0122. The Balaban J connectivity index is 1.60. The summed E-state index contributed by atoms with van der Waals surface area (Å²) in [5.41, 5.74) is 1.19. The summed E-state index contributed by atoms with van der Waals surface area (Å²) in [5.74, 6) is 0.159. The predicted molar refractivity (Wildman–Crippen MR) is 111 cm³/mol. The molecule has 29 heavy (non-hydrogen) atoms. The standard InChI is InChI=1S/C20H17Cl2F2N5/c1-12-11-28(19-16(24)3-2-6-25-19)7-8-29(12)18-10-17(26-20(22)27-18)13-4-5-15(23)14(21)9-13/h2-6,9-10,12H,7-8,11H2,1H3/t12-/m1/s1. The summed E-state index contributed by atoms with van der Waals surface area (Å²) in [6.07, 6.45) is 1.58. The molecular formula is C20H17Cl2F2N5. The second-order valence-corrected chi connectivity index (χ2v) is 7.55. The zero-order valence-corrected chi connectivity index (χ0v) is 17.0. The van der Waals surface area contributed by atoms with Gasteiger partial charge in [-0.2, -0.15) is 0 Å². The van der Waals surface area contributed by atoms with Gasteiger partial charge in [-0.05, 0) is 48.9 Å². The fourth-order valence-corrected chi connectivity index (χ4v) is 3.81. The van der Waals surface area contributed by atoms with Crippen molar-refractivity contribution in [3.05, 3.63) is 64.5 Å². The molecule has 1 aliphatic heterocycles. The Bertz CT molecular complexity index is 1050. The third-order valence-corrected chi connectivity index (χ3v) is 5.32. The van der Waals surface area contributed by atoms with Crippen LogP contribution in [0.15, 0.2) is 42.6 Å². The van der Waals surface area contributed by atoms with Crippen molar-refractivity contribution in [3.63, 3.8) is 0 Å². The maximum absolute atomic E-state index is 14.1. The van der Waals surface area contributed by atoms with Gasteiger partial charge >= 0.3 is 0 Å². The molecule has 9 heteroatoms. The molecule has 0 unspecified atom stereocenters. The van der Waals surface area contributed by atoms with Gasteiger partial charge in [0.15, 0.2) is 11.6 Å². The van der Waals surface area contributed by atoms with Gasteiger partial charge in [-0.15, -0.1) is 0 Å². The molecule has 1 fully saturated rings. The third-order valence-electron chi connectivity index (χ3n) is 4.86. The maximum Gasteiger partial charge on any atom is 0.224 e. The van der Waals surface area contributed by atoms with E-state index >= 15 is 0 Å². The maximum atomic E-state index is 14.1. The van der Waals surface area contributed by atoms with E-state index in [1.165, 1.54) is 18.2 Å². The fourth-order valence-electron chi connectivity index (χ4n) is 3.46. The molecule has 0 radical (unpaired) electrons. The third kappa shape index (κ3) is 4.11. The minimum atomic E-state index is -0.498. The Morgan fingerprint density at radius 2 is 1.86 bits per heavy atom. The van der Waals surface area contributed by atoms with Gasteiger partial charge in [0.05, 0.1) is 10.7 Å². The number of pyridine rings is 1. The average molecular weight is 436 g/mol. The number of piperazine rings is 1. The van der Waals surface area contributed by atoms with E-state index in [-0.39, 0.29) is 22.2 Å². The largest absolute Gasteiger partial charge is 0.350 e. The molecule has 0 aliphatic carbocycles. The molecule has 5 nitrogen and oxygen atoms in total. The first kappa shape index (κ1) is 19.8. The van der Waals surface area contributed by atoms with Crippen LogP contribution in [-0.2, 0) is 0 Å². The highest BCUT2D eigenvalue weighted by Gasteiger charge is 2.27. The molecule has 3 aromatic rings. The molecular weight excluding hydrogens is 419 g/mol. The van der Waals surface area contributed by atoms with Crippen molar-refractivity contribution < 1.29 is 8.78 Å². The molecule has 4 rings (SSSR count). The van der Waals surface area contributed by atoms with Crippen molar-refractivity contribution in [1.82, 2.24) is 15.0 Å². The number of benzene rings is 1. The lowest BCUT2D eigenvalue weighted by Gasteiger charge is -2.41. The van der Waals surface area contributed by atoms with Crippen LogP contribution in [0.3, 0.4) is 0 Å². The van der Waals surface area contributed by atoms with E-state index in [9.17, 15) is 8.78 Å². The van der Waals surface area contributed by atoms with Gasteiger partial charge in [0, 0.05) is 43.5 Å². The second kappa shape index (κ2) is 8.08. The van der Waals surface area contributed by atoms with E-state index in [0.717, 1.165) is 0 Å². The Morgan fingerprint density at radius 1 is 1.03 bits per heavy atom. The Kier molecular flexibility index (Phi) is 5.52. The average Bonchev–Trinajstić information content (AvgIpc) is 2.70. The van der Waals surface area contributed by atoms with Crippen LogP contribution < -0.4 is 9.80 Å². The Labute approximate surface area is 176 Å². The summed E-state index contributed by atoms with van der Waals surface area (Å²) in [7, 11) is 0. The highest BCUT2D eigenvalue weighted by Crippen LogP contribution is 2.29. The van der Waals surface area contributed by atoms with Gasteiger partial charge in [-0.25, -0.2) is 23.7 Å². The molecule has 150 valence electrons. The number of anilines is 2. The SMILES string of the molecule is C[C@@H]1CN(c2ncccc2F)CCN1c1cc(-c2ccc(F)c(Cl)c2)nc(Cl)n1. The summed E-state index contributed by atoms with van der Waals surface area (Å²) in [4.78, 5) is 16.8. The summed E-state index contributed by atoms with van der Waals surface area (Å²) >= 11 is 12.1. The first-order valence-electron chi connectivity index (χ1n) is 9.04. The lowest BCUT2D eigenvalue weighted by Crippen LogP contribution is -2.53. The number of rotatable bonds is 3. The highest BCUT2D eigenvalue weighted by atomic mass is 35.5. The predicted octanol–water partition coefficient (Wildman–Crippen LogP) is 4.84. The van der Waals surface area contributed by atoms with E-state index in [0.29, 0.717) is 42.5 Å². The van der Waals surface area contributed by atoms with Crippen molar-refractivity contribution in [2.45, 2.75) is 13.0 Å². The number of nitrogens with zero attached hydrogens (tertiary/aromatic N) is 5. The molecule has 1 atom stereocenters. The molecule has 0 bridgehead atoms. The van der Waals surface area contributed by atoms with Crippen LogP contribution in [0, 0.1) is 11.6 Å². The van der Waals surface area contributed by atoms with Crippen LogP contribution in [0.5, 0.6) is 0 Å². The van der Waals surface area contributed by atoms with E-state index < -0.39 is 5.82 Å². The second-order valence-electron chi connectivity index (χ2n) is 6.81. The zero-order chi connectivity index (χ0) is 20.5. The molecule has 1 saturated heterocycles. The van der Waals surface area contributed by atoms with Crippen molar-refractivity contribution >= 4 is 34.8 Å². The normalized spacial score (nSPS) is 16.9. The minimum Gasteiger partial charge on any atom is -0.350 e. The molecule has 1 aromatic carbocycles. The lowest BCUT2D eigenvalue weighted by atomic mass is 10.1. The molecule has 0 spiro atoms. The topological polar surface area (TPSA) is 45.2 Å². The molecule has 0 saturated carbocycles. The summed E-state index contributed by atoms with van der Waals surface area (Å²) in [5, 5.41) is 0.0986. The van der Waals surface area contributed by atoms with Crippen LogP contribution >= 0.6 is 23.2 Å². The van der Waals surface area contributed by atoms with E-state index in [4.69, 9.17) is 23.2 Å². The van der Waals surface area contributed by atoms with Crippen LogP contribution in [0.4, 0.5) is 20.4 Å². The summed E-state index contributed by atoms with van der Waals surface area (Å²) in [6, 6.07) is 9.19. The number of hydrogen-bond donors (Lipinski definition) is 0. The van der Waals surface area contributed by atoms with Crippen LogP contribution in [0.2, 0.25) is 10.3 Å². The quantitative estimate of drug-likeness (QED) is 0.550. The van der Waals surface area contributed by atoms with E-state index in [1.807, 2.05) is 11.8 Å². The Hall–Kier alpha value is -2.51. The van der Waals surface area contributed by atoms with Crippen molar-refractivity contribution in [1.29, 1.82) is 0 Å². The number of hydrogen-bond acceptors (Lipinski definition) is 5. The molecule has 3 heterocycles. The van der Waals surface area contributed by atoms with Gasteiger partial charge in [0.1, 0.15) is 11.6 Å².